The number of nitrogens with one attached hydrogen (secondary N) is 2. The summed E-state index contributed by atoms with van der Waals surface area (Å²) >= 11 is 1.27. The number of aryl methyl sites for hydroxylation is 2. The molecule has 6 N–H and O–H groups in total. The van der Waals surface area contributed by atoms with Crippen LogP contribution in [0.3, 0.4) is 0 Å². The van der Waals surface area contributed by atoms with Crippen molar-refractivity contribution in [3.05, 3.63) is 195 Å². The fourth-order valence-electron chi connectivity index (χ4n) is 8.92. The van der Waals surface area contributed by atoms with Crippen LogP contribution in [0.15, 0.2) is 162 Å². The average Bonchev–Trinajstić information content (AvgIpc) is 3.99. The molecule has 0 aliphatic heterocycles. The number of amides is 4. The van der Waals surface area contributed by atoms with E-state index in [0.717, 1.165) is 17.0 Å². The average molecular weight is 1180 g/mol. The molecule has 10 rings (SSSR count). The summed E-state index contributed by atoms with van der Waals surface area (Å²) < 4.78 is 5.63. The number of nitrogens with zero attached hydrogens (tertiary/aromatic N) is 15. The first-order chi connectivity index (χ1) is 41.3. The summed E-state index contributed by atoms with van der Waals surface area (Å²) in [5.74, 6) is -0.419. The molecule has 0 aliphatic rings. The summed E-state index contributed by atoms with van der Waals surface area (Å²) in [7, 11) is 11.0. The van der Waals surface area contributed by atoms with E-state index in [-0.39, 0.29) is 40.9 Å². The number of pyridine rings is 1. The molecule has 26 heteroatoms. The topological polar surface area (TPSA) is 301 Å². The zero-order valence-electron chi connectivity index (χ0n) is 48.3. The molecule has 0 radical (unpaired) electrons. The van der Waals surface area contributed by atoms with E-state index in [2.05, 4.69) is 45.8 Å². The second-order valence-corrected chi connectivity index (χ2v) is 21.1. The minimum atomic E-state index is -0.448. The van der Waals surface area contributed by atoms with Crippen molar-refractivity contribution in [2.45, 2.75) is 20.3 Å². The van der Waals surface area contributed by atoms with Crippen LogP contribution in [0.25, 0.3) is 45.1 Å². The molecule has 6 heterocycles. The van der Waals surface area contributed by atoms with Gasteiger partial charge in [0.2, 0.25) is 16.9 Å². The molecule has 4 amide bonds. The summed E-state index contributed by atoms with van der Waals surface area (Å²) in [5.41, 5.74) is 17.7. The molecule has 0 unspecified atom stereocenters. The lowest BCUT2D eigenvalue weighted by Gasteiger charge is -2.16. The van der Waals surface area contributed by atoms with Crippen molar-refractivity contribution in [1.82, 2.24) is 63.2 Å². The van der Waals surface area contributed by atoms with Crippen LogP contribution in [0, 0.1) is 6.92 Å². The van der Waals surface area contributed by atoms with Gasteiger partial charge in [-0.25, -0.2) is 43.6 Å². The van der Waals surface area contributed by atoms with Gasteiger partial charge in [0.05, 0.1) is 22.7 Å². The minimum absolute atomic E-state index is 0.110. The quantitative estimate of drug-likeness (QED) is 0.0750. The van der Waals surface area contributed by atoms with Gasteiger partial charge in [-0.05, 0) is 144 Å². The zero-order chi connectivity index (χ0) is 61.3. The van der Waals surface area contributed by atoms with Gasteiger partial charge in [-0.1, -0.05) is 42.5 Å². The maximum Gasteiger partial charge on any atom is 0.339 e. The molecular weight excluding hydrogens is 1110 g/mol. The maximum atomic E-state index is 14.0. The largest absolute Gasteiger partial charge is 0.382 e. The molecule has 86 heavy (non-hydrogen) atoms. The second kappa shape index (κ2) is 26.2. The van der Waals surface area contributed by atoms with Crippen molar-refractivity contribution >= 4 is 91.3 Å². The van der Waals surface area contributed by atoms with E-state index >= 15 is 0 Å². The molecule has 10 aromatic rings. The molecule has 0 spiro atoms. The number of benzene rings is 4. The fourth-order valence-corrected chi connectivity index (χ4v) is 9.50. The number of rotatable bonds is 17. The lowest BCUT2D eigenvalue weighted by Crippen LogP contribution is -2.25. The monoisotopic (exact) mass is 1180 g/mol. The number of hydrogen-bond donors (Lipinski definition) is 4. The van der Waals surface area contributed by atoms with Crippen LogP contribution < -0.4 is 43.3 Å². The van der Waals surface area contributed by atoms with Gasteiger partial charge in [0.15, 0.2) is 22.9 Å². The first kappa shape index (κ1) is 59.8. The van der Waals surface area contributed by atoms with E-state index in [1.165, 1.54) is 64.2 Å². The minimum Gasteiger partial charge on any atom is -0.382 e. The number of hydrogen-bond acceptors (Lipinski definition) is 18. The first-order valence-electron chi connectivity index (χ1n) is 26.8. The highest BCUT2D eigenvalue weighted by Crippen LogP contribution is 2.28. The lowest BCUT2D eigenvalue weighted by atomic mass is 10.2. The van der Waals surface area contributed by atoms with Crippen molar-refractivity contribution in [3.63, 3.8) is 0 Å². The summed E-state index contributed by atoms with van der Waals surface area (Å²) in [6.07, 6.45) is 11.7. The summed E-state index contributed by atoms with van der Waals surface area (Å²) in [5, 5.41) is 14.5. The van der Waals surface area contributed by atoms with E-state index in [4.69, 9.17) is 11.5 Å². The third-order valence-corrected chi connectivity index (χ3v) is 14.1. The molecule has 25 nitrogen and oxygen atoms in total. The van der Waals surface area contributed by atoms with E-state index in [1.807, 2.05) is 57.0 Å². The van der Waals surface area contributed by atoms with Crippen LogP contribution in [0.2, 0.25) is 0 Å². The van der Waals surface area contributed by atoms with Crippen molar-refractivity contribution < 1.29 is 19.2 Å². The first-order valence-corrected chi connectivity index (χ1v) is 27.6. The van der Waals surface area contributed by atoms with Gasteiger partial charge in [0.25, 0.3) is 11.8 Å². The van der Waals surface area contributed by atoms with Crippen LogP contribution in [-0.2, 0) is 16.0 Å². The number of fused-ring (bicyclic) bond motifs is 2. The van der Waals surface area contributed by atoms with E-state index in [1.54, 1.807) is 136 Å². The predicted molar refractivity (Wildman–Crippen MR) is 334 cm³/mol. The number of aromatic nitrogens is 11. The Hall–Kier alpha value is -10.8. The molecule has 6 aromatic heterocycles. The van der Waals surface area contributed by atoms with E-state index in [0.29, 0.717) is 86.0 Å². The normalized spacial score (nSPS) is 11.4. The number of likely N-dealkylation sites (N-methyl/N-ethyl adjacent to an activating group) is 4. The molecule has 438 valence electrons. The molecule has 0 saturated carbocycles. The summed E-state index contributed by atoms with van der Waals surface area (Å²) in [6, 6.07) is 30.8. The third kappa shape index (κ3) is 13.2. The second-order valence-electron chi connectivity index (χ2n) is 20.0. The Morgan fingerprint density at radius 1 is 0.558 bits per heavy atom. The van der Waals surface area contributed by atoms with Gasteiger partial charge in [-0.3, -0.25) is 33.6 Å². The van der Waals surface area contributed by atoms with Gasteiger partial charge in [-0.15, -0.1) is 10.2 Å². The van der Waals surface area contributed by atoms with Crippen molar-refractivity contribution in [3.8, 4) is 22.7 Å². The number of nitrogen functional groups attached to an aromatic ring is 2. The van der Waals surface area contributed by atoms with Crippen LogP contribution in [0.1, 0.15) is 38.2 Å². The van der Waals surface area contributed by atoms with Crippen LogP contribution in [0.4, 0.5) is 34.0 Å². The Morgan fingerprint density at radius 3 is 1.45 bits per heavy atom. The highest BCUT2D eigenvalue weighted by molar-refractivity contribution is 7.15. The Morgan fingerprint density at radius 2 is 1.02 bits per heavy atom. The highest BCUT2D eigenvalue weighted by atomic mass is 32.1. The van der Waals surface area contributed by atoms with E-state index in [9.17, 15) is 28.8 Å². The Bertz CT molecular complexity index is 4350. The predicted octanol–water partition coefficient (Wildman–Crippen LogP) is 6.09. The van der Waals surface area contributed by atoms with Gasteiger partial charge in [0, 0.05) is 68.0 Å². The molecule has 0 atom stereocenters. The Labute approximate surface area is 496 Å². The SMILES string of the molecule is CCc1ccnc(NC(=O)c2ccc(-n3c(=O)n(-c4cccc(N(C)C(=O)/C=C/CN(C)C)c4)c4ncnc(N)c43)cc2)c1.Cc1nnc(NC(=O)c2ccc(-n3c(=O)n(-c4cccc(N(C)C(=O)/C=C/CN(C)C)c4)c4ncnc(N)c43)cc2)s1. The van der Waals surface area contributed by atoms with Gasteiger partial charge in [0.1, 0.15) is 34.5 Å². The number of imidazole rings is 2. The Balaban J connectivity index is 0.000000206. The molecule has 0 bridgehead atoms. The molecular formula is C60H61N19O6S. The number of nitrogens with two attached hydrogens (primary N) is 2. The number of carbonyl (C=O) groups excluding carboxylic acids is 4. The van der Waals surface area contributed by atoms with E-state index < -0.39 is 11.4 Å². The highest BCUT2D eigenvalue weighted by Gasteiger charge is 2.24. The van der Waals surface area contributed by atoms with Gasteiger partial charge < -0.3 is 36.4 Å². The maximum absolute atomic E-state index is 14.0. The fraction of sp³-hybridized carbons (Fsp3) is 0.183. The molecule has 4 aromatic carbocycles. The van der Waals surface area contributed by atoms with Gasteiger partial charge >= 0.3 is 11.4 Å². The number of anilines is 6. The third-order valence-electron chi connectivity index (χ3n) is 13.4. The number of carbonyl (C=O) groups is 4. The lowest BCUT2D eigenvalue weighted by molar-refractivity contribution is -0.114. The Kier molecular flexibility index (Phi) is 18.2. The molecule has 0 fully saturated rings. The smallest absolute Gasteiger partial charge is 0.339 e. The van der Waals surface area contributed by atoms with Crippen molar-refractivity contribution in [2.24, 2.45) is 0 Å². The van der Waals surface area contributed by atoms with Crippen molar-refractivity contribution in [1.29, 1.82) is 0 Å². The summed E-state index contributed by atoms with van der Waals surface area (Å²) in [4.78, 5) is 107. The van der Waals surface area contributed by atoms with Crippen LogP contribution >= 0.6 is 11.3 Å². The zero-order valence-corrected chi connectivity index (χ0v) is 49.1. The van der Waals surface area contributed by atoms with Crippen LogP contribution in [-0.4, -0.2) is 142 Å². The molecule has 0 aliphatic carbocycles. The van der Waals surface area contributed by atoms with Crippen LogP contribution in [0.5, 0.6) is 0 Å². The summed E-state index contributed by atoms with van der Waals surface area (Å²) in [6.45, 7) is 5.08. The molecule has 0 saturated heterocycles. The van der Waals surface area contributed by atoms with Crippen molar-refractivity contribution in [2.75, 3.05) is 87.3 Å². The standard InChI is InChI=1S/C32H33N9O3.C28H28N10O3S/c1-5-21-15-16-34-26(18-21)37-31(43)22-11-13-23(14-12-22)40-28-29(33)35-20-36-30(28)41(32(40)44)25-9-6-8-24(19-25)39(4)27(42)10-7-17-38(2)3;1-17-33-34-27(42-17)32-26(40)18-10-12-19(13-11-18)37-23-24(29)30-16-31-25(23)38(28(37)41)21-8-5-7-20(15-21)36(4)22(39)9-6-14-35(2)3/h6-16,18-20H,5,17H2,1-4H3,(H2,33,35,36)(H,34,37,43);5-13,15-16H,14H2,1-4H3,(H2,29,30,31)(H,32,34,40)/b10-7+;9-6+. The van der Waals surface area contributed by atoms with Gasteiger partial charge in [-0.2, -0.15) is 0 Å².